The summed E-state index contributed by atoms with van der Waals surface area (Å²) < 4.78 is 35.9. The molecule has 0 aliphatic rings. The molecule has 2 amide bonds. The van der Waals surface area contributed by atoms with Crippen molar-refractivity contribution in [2.24, 2.45) is 0 Å². The second-order valence-corrected chi connectivity index (χ2v) is 8.11. The molecule has 0 atom stereocenters. The lowest BCUT2D eigenvalue weighted by Crippen LogP contribution is -2.31. The summed E-state index contributed by atoms with van der Waals surface area (Å²) >= 11 is 8.13. The summed E-state index contributed by atoms with van der Waals surface area (Å²) in [6.07, 6.45) is 1.38. The molecule has 0 radical (unpaired) electrons. The highest BCUT2D eigenvalue weighted by Gasteiger charge is 2.17. The third-order valence-electron chi connectivity index (χ3n) is 3.56. The van der Waals surface area contributed by atoms with Gasteiger partial charge in [-0.25, -0.2) is 18.6 Å². The van der Waals surface area contributed by atoms with Crippen molar-refractivity contribution >= 4 is 51.7 Å². The fourth-order valence-electron chi connectivity index (χ4n) is 2.28. The van der Waals surface area contributed by atoms with Crippen LogP contribution in [0, 0.1) is 11.6 Å². The number of amides is 2. The predicted octanol–water partition coefficient (Wildman–Crippen LogP) is 5.76. The number of nitrogens with one attached hydrogen (secondary N) is 2. The molecular weight excluding hydrogens is 442 g/mol. The molecule has 0 saturated carbocycles. The summed E-state index contributed by atoms with van der Waals surface area (Å²) in [5, 5.41) is 3.33. The third kappa shape index (κ3) is 5.57. The van der Waals surface area contributed by atoms with Crippen LogP contribution in [0.5, 0.6) is 10.8 Å². The van der Waals surface area contributed by atoms with Gasteiger partial charge in [0.15, 0.2) is 5.13 Å². The highest BCUT2D eigenvalue weighted by atomic mass is 35.5. The molecule has 2 N–H and O–H groups in total. The molecule has 0 unspecified atom stereocenters. The van der Waals surface area contributed by atoms with Crippen LogP contribution in [0.15, 0.2) is 47.5 Å². The molecule has 3 aromatic rings. The Bertz CT molecular complexity index is 1010. The normalized spacial score (nSPS) is 10.7. The lowest BCUT2D eigenvalue weighted by molar-refractivity contribution is 0.258. The number of thiazole rings is 1. The van der Waals surface area contributed by atoms with Gasteiger partial charge >= 0.3 is 6.03 Å². The number of benzene rings is 2. The average molecular weight is 457 g/mol. The average Bonchev–Trinajstić information content (AvgIpc) is 3.08. The van der Waals surface area contributed by atoms with E-state index in [2.05, 4.69) is 15.0 Å². The summed E-state index contributed by atoms with van der Waals surface area (Å²) in [6.45, 7) is 0. The number of carbonyl (C=O) groups is 1. The molecule has 0 saturated heterocycles. The van der Waals surface area contributed by atoms with Crippen LogP contribution in [0.1, 0.15) is 0 Å². The minimum absolute atomic E-state index is 0.116. The Kier molecular flexibility index (Phi) is 6.91. The first-order chi connectivity index (χ1) is 13.9. The largest absolute Gasteiger partial charge is 0.445 e. The number of hydrogen-bond donors (Lipinski definition) is 2. The Labute approximate surface area is 179 Å². The van der Waals surface area contributed by atoms with Gasteiger partial charge in [0.25, 0.3) is 0 Å². The van der Waals surface area contributed by atoms with Crippen molar-refractivity contribution in [2.45, 2.75) is 4.90 Å². The summed E-state index contributed by atoms with van der Waals surface area (Å²) in [7, 11) is 3.19. The molecule has 29 heavy (non-hydrogen) atoms. The van der Waals surface area contributed by atoms with Gasteiger partial charge in [-0.05, 0) is 49.3 Å². The Morgan fingerprint density at radius 2 is 2.07 bits per heavy atom. The van der Waals surface area contributed by atoms with E-state index in [1.165, 1.54) is 43.4 Å². The van der Waals surface area contributed by atoms with E-state index in [0.717, 1.165) is 27.2 Å². The number of aromatic nitrogens is 1. The Morgan fingerprint density at radius 3 is 2.79 bits per heavy atom. The van der Waals surface area contributed by atoms with Crippen molar-refractivity contribution in [3.63, 3.8) is 0 Å². The van der Waals surface area contributed by atoms with E-state index in [1.807, 2.05) is 0 Å². The van der Waals surface area contributed by atoms with Crippen molar-refractivity contribution in [3.05, 3.63) is 59.3 Å². The molecule has 3 rings (SSSR count). The molecule has 0 spiro atoms. The quantitative estimate of drug-likeness (QED) is 0.461. The lowest BCUT2D eigenvalue weighted by atomic mass is 10.3. The second kappa shape index (κ2) is 9.40. The van der Waals surface area contributed by atoms with E-state index < -0.39 is 17.7 Å². The van der Waals surface area contributed by atoms with Crippen molar-refractivity contribution in [2.75, 3.05) is 24.3 Å². The highest BCUT2D eigenvalue weighted by molar-refractivity contribution is 7.97. The highest BCUT2D eigenvalue weighted by Crippen LogP contribution is 2.32. The van der Waals surface area contributed by atoms with Crippen LogP contribution < -0.4 is 19.7 Å². The zero-order valence-electron chi connectivity index (χ0n) is 15.2. The number of rotatable bonds is 6. The van der Waals surface area contributed by atoms with Gasteiger partial charge in [0, 0.05) is 23.0 Å². The Hall–Kier alpha value is -2.40. The first-order valence-corrected chi connectivity index (χ1v) is 10.1. The molecule has 6 nitrogen and oxygen atoms in total. The zero-order valence-corrected chi connectivity index (χ0v) is 17.6. The van der Waals surface area contributed by atoms with E-state index in [-0.39, 0.29) is 21.6 Å². The third-order valence-corrected chi connectivity index (χ3v) is 5.26. The fraction of sp³-hybridized carbons (Fsp3) is 0.111. The van der Waals surface area contributed by atoms with E-state index in [4.69, 9.17) is 16.3 Å². The number of urea groups is 1. The van der Waals surface area contributed by atoms with Gasteiger partial charge in [0.05, 0.1) is 11.9 Å². The van der Waals surface area contributed by atoms with Crippen LogP contribution >= 0.6 is 34.9 Å². The molecule has 1 aromatic heterocycles. The standard InChI is InChI=1S/C18H15ClF2N4O2S2/c1-22-29-13-3-4-14(21)15(8-13)25(2)18(26)24-17-23-9-16(28-17)27-12-6-10(19)5-11(20)7-12/h3-9,22H,1-2H3,(H,23,24,26). The minimum Gasteiger partial charge on any atom is -0.445 e. The van der Waals surface area contributed by atoms with Gasteiger partial charge in [-0.1, -0.05) is 22.9 Å². The summed E-state index contributed by atoms with van der Waals surface area (Å²) in [5.74, 6) is -0.864. The fourth-order valence-corrected chi connectivity index (χ4v) is 3.72. The number of halogens is 3. The summed E-state index contributed by atoms with van der Waals surface area (Å²) in [6, 6.07) is 7.66. The number of anilines is 2. The van der Waals surface area contributed by atoms with Crippen LogP contribution in [0.4, 0.5) is 24.4 Å². The maximum atomic E-state index is 14.1. The van der Waals surface area contributed by atoms with Crippen molar-refractivity contribution in [1.82, 2.24) is 9.71 Å². The number of carbonyl (C=O) groups excluding carboxylic acids is 1. The van der Waals surface area contributed by atoms with Crippen molar-refractivity contribution in [3.8, 4) is 10.8 Å². The van der Waals surface area contributed by atoms with Crippen LogP contribution in [0.25, 0.3) is 0 Å². The van der Waals surface area contributed by atoms with Gasteiger partial charge in [0.2, 0.25) is 5.06 Å². The molecule has 1 heterocycles. The molecule has 0 aliphatic carbocycles. The van der Waals surface area contributed by atoms with Crippen LogP contribution in [0.2, 0.25) is 5.02 Å². The molecule has 0 aliphatic heterocycles. The summed E-state index contributed by atoms with van der Waals surface area (Å²) in [4.78, 5) is 18.4. The molecule has 152 valence electrons. The molecule has 0 bridgehead atoms. The van der Waals surface area contributed by atoms with Gasteiger partial charge in [-0.2, -0.15) is 0 Å². The van der Waals surface area contributed by atoms with Gasteiger partial charge in [-0.15, -0.1) is 0 Å². The first kappa shape index (κ1) is 21.3. The minimum atomic E-state index is -0.579. The maximum absolute atomic E-state index is 14.1. The van der Waals surface area contributed by atoms with Crippen molar-refractivity contribution < 1.29 is 18.3 Å². The molecule has 2 aromatic carbocycles. The Balaban J connectivity index is 1.69. The first-order valence-electron chi connectivity index (χ1n) is 8.13. The molecule has 0 fully saturated rings. The topological polar surface area (TPSA) is 66.5 Å². The number of nitrogens with zero attached hydrogens (tertiary/aromatic N) is 2. The maximum Gasteiger partial charge on any atom is 0.327 e. The van der Waals surface area contributed by atoms with Crippen LogP contribution in [0.3, 0.4) is 0 Å². The number of ether oxygens (including phenoxy) is 1. The van der Waals surface area contributed by atoms with Crippen LogP contribution in [-0.4, -0.2) is 25.1 Å². The van der Waals surface area contributed by atoms with E-state index in [9.17, 15) is 13.6 Å². The number of hydrogen-bond acceptors (Lipinski definition) is 6. The zero-order chi connectivity index (χ0) is 21.0. The summed E-state index contributed by atoms with van der Waals surface area (Å²) in [5.41, 5.74) is 0.116. The monoisotopic (exact) mass is 456 g/mol. The predicted molar refractivity (Wildman–Crippen MR) is 112 cm³/mol. The van der Waals surface area contributed by atoms with E-state index >= 15 is 0 Å². The molecular formula is C18H15ClF2N4O2S2. The lowest BCUT2D eigenvalue weighted by Gasteiger charge is -2.18. The van der Waals surface area contributed by atoms with Crippen LogP contribution in [-0.2, 0) is 0 Å². The molecule has 11 heteroatoms. The Morgan fingerprint density at radius 1 is 1.28 bits per heavy atom. The SMILES string of the molecule is CNSc1ccc(F)c(N(C)C(=O)Nc2ncc(Oc3cc(F)cc(Cl)c3)s2)c1. The van der Waals surface area contributed by atoms with Gasteiger partial charge < -0.3 is 4.74 Å². The van der Waals surface area contributed by atoms with E-state index in [1.54, 1.807) is 19.2 Å². The van der Waals surface area contributed by atoms with Crippen molar-refractivity contribution in [1.29, 1.82) is 0 Å². The van der Waals surface area contributed by atoms with Gasteiger partial charge in [-0.3, -0.25) is 14.9 Å². The van der Waals surface area contributed by atoms with Gasteiger partial charge in [0.1, 0.15) is 17.4 Å². The second-order valence-electron chi connectivity index (χ2n) is 5.60. The van der Waals surface area contributed by atoms with E-state index in [0.29, 0.717) is 5.06 Å². The smallest absolute Gasteiger partial charge is 0.327 e.